The first-order valence-corrected chi connectivity index (χ1v) is 7.07. The van der Waals surface area contributed by atoms with Crippen LogP contribution in [0.1, 0.15) is 20.7 Å². The van der Waals surface area contributed by atoms with Crippen LogP contribution >= 0.6 is 11.6 Å². The molecule has 3 rings (SSSR count). The van der Waals surface area contributed by atoms with Crippen molar-refractivity contribution in [2.75, 3.05) is 19.1 Å². The molecule has 0 saturated heterocycles. The monoisotopic (exact) mass is 333 g/mol. The molecule has 1 aliphatic rings. The normalized spacial score (nSPS) is 12.0. The fraction of sp³-hybridized carbons (Fsp3) is 0.125. The van der Waals surface area contributed by atoms with Crippen molar-refractivity contribution in [3.63, 3.8) is 0 Å². The van der Waals surface area contributed by atoms with Crippen molar-refractivity contribution in [3.05, 3.63) is 52.5 Å². The molecule has 0 saturated carbocycles. The number of esters is 1. The van der Waals surface area contributed by atoms with Crippen molar-refractivity contribution >= 4 is 29.0 Å². The largest absolute Gasteiger partial charge is 0.454 e. The van der Waals surface area contributed by atoms with E-state index in [-0.39, 0.29) is 23.8 Å². The summed E-state index contributed by atoms with van der Waals surface area (Å²) in [6.07, 6.45) is 0. The third-order valence-electron chi connectivity index (χ3n) is 3.26. The van der Waals surface area contributed by atoms with Crippen LogP contribution in [0.5, 0.6) is 11.5 Å². The average Bonchev–Trinajstić information content (AvgIpc) is 2.99. The van der Waals surface area contributed by atoms with Gasteiger partial charge in [-0.2, -0.15) is 0 Å². The summed E-state index contributed by atoms with van der Waals surface area (Å²) in [6.45, 7) is -0.279. The number of hydrogen-bond acceptors (Lipinski definition) is 6. The molecule has 2 N–H and O–H groups in total. The second-order valence-corrected chi connectivity index (χ2v) is 5.24. The lowest BCUT2D eigenvalue weighted by molar-refractivity contribution is 0.0476. The Morgan fingerprint density at radius 2 is 1.91 bits per heavy atom. The number of nitrogens with two attached hydrogens (primary N) is 1. The van der Waals surface area contributed by atoms with Crippen LogP contribution in [0, 0.1) is 0 Å². The van der Waals surface area contributed by atoms with E-state index >= 15 is 0 Å². The number of halogens is 1. The Morgan fingerprint density at radius 1 is 1.13 bits per heavy atom. The Kier molecular flexibility index (Phi) is 4.08. The molecule has 0 atom stereocenters. The lowest BCUT2D eigenvalue weighted by atomic mass is 10.1. The SMILES string of the molecule is Nc1cc(Cl)ccc1C(=O)OCC(=O)c1ccc2c(c1)OCO2. The summed E-state index contributed by atoms with van der Waals surface area (Å²) in [5.41, 5.74) is 6.42. The topological polar surface area (TPSA) is 87.9 Å². The molecule has 0 spiro atoms. The van der Waals surface area contributed by atoms with Gasteiger partial charge in [0.15, 0.2) is 23.9 Å². The molecule has 2 aromatic rings. The number of hydrogen-bond donors (Lipinski definition) is 1. The summed E-state index contributed by atoms with van der Waals surface area (Å²) in [6, 6.07) is 9.18. The number of ether oxygens (including phenoxy) is 3. The summed E-state index contributed by atoms with van der Waals surface area (Å²) in [7, 11) is 0. The molecule has 1 heterocycles. The zero-order valence-corrected chi connectivity index (χ0v) is 12.6. The van der Waals surface area contributed by atoms with Gasteiger partial charge in [0.2, 0.25) is 6.79 Å². The Balaban J connectivity index is 1.65. The van der Waals surface area contributed by atoms with Gasteiger partial charge in [0.1, 0.15) is 0 Å². The molecule has 0 aromatic heterocycles. The molecule has 23 heavy (non-hydrogen) atoms. The highest BCUT2D eigenvalue weighted by Crippen LogP contribution is 2.32. The van der Waals surface area contributed by atoms with Crippen LogP contribution in [-0.2, 0) is 4.74 Å². The summed E-state index contributed by atoms with van der Waals surface area (Å²) < 4.78 is 15.4. The van der Waals surface area contributed by atoms with E-state index in [1.807, 2.05) is 0 Å². The van der Waals surface area contributed by atoms with Crippen molar-refractivity contribution in [1.29, 1.82) is 0 Å². The van der Waals surface area contributed by atoms with E-state index in [0.29, 0.717) is 22.1 Å². The maximum Gasteiger partial charge on any atom is 0.340 e. The minimum absolute atomic E-state index is 0.123. The number of carbonyl (C=O) groups excluding carboxylic acids is 2. The predicted octanol–water partition coefficient (Wildman–Crippen LogP) is 2.69. The number of fused-ring (bicyclic) bond motifs is 1. The number of Topliss-reactive ketones (excluding diaryl/α,β-unsaturated/α-hetero) is 1. The van der Waals surface area contributed by atoms with E-state index in [9.17, 15) is 9.59 Å². The van der Waals surface area contributed by atoms with E-state index in [2.05, 4.69) is 0 Å². The van der Waals surface area contributed by atoms with Crippen LogP contribution < -0.4 is 15.2 Å². The molecular formula is C16H12ClNO5. The van der Waals surface area contributed by atoms with Gasteiger partial charge in [0.25, 0.3) is 0 Å². The lowest BCUT2D eigenvalue weighted by Gasteiger charge is -2.07. The quantitative estimate of drug-likeness (QED) is 0.526. The van der Waals surface area contributed by atoms with E-state index in [1.54, 1.807) is 18.2 Å². The Labute approximate surface area is 136 Å². The Hall–Kier alpha value is -2.73. The van der Waals surface area contributed by atoms with Crippen molar-refractivity contribution < 1.29 is 23.8 Å². The maximum absolute atomic E-state index is 12.1. The van der Waals surface area contributed by atoms with E-state index < -0.39 is 12.6 Å². The first-order chi connectivity index (χ1) is 11.0. The molecule has 0 unspecified atom stereocenters. The van der Waals surface area contributed by atoms with Crippen LogP contribution in [0.25, 0.3) is 0 Å². The molecule has 118 valence electrons. The number of carbonyl (C=O) groups is 2. The van der Waals surface area contributed by atoms with Crippen LogP contribution in [0.4, 0.5) is 5.69 Å². The van der Waals surface area contributed by atoms with E-state index in [1.165, 1.54) is 18.2 Å². The highest BCUT2D eigenvalue weighted by Gasteiger charge is 2.18. The van der Waals surface area contributed by atoms with Crippen molar-refractivity contribution in [3.8, 4) is 11.5 Å². The van der Waals surface area contributed by atoms with Crippen LogP contribution in [0.15, 0.2) is 36.4 Å². The van der Waals surface area contributed by atoms with Gasteiger partial charge in [0, 0.05) is 16.3 Å². The van der Waals surface area contributed by atoms with E-state index in [0.717, 1.165) is 0 Å². The van der Waals surface area contributed by atoms with E-state index in [4.69, 9.17) is 31.5 Å². The third kappa shape index (κ3) is 3.22. The van der Waals surface area contributed by atoms with Crippen molar-refractivity contribution in [1.82, 2.24) is 0 Å². The molecule has 0 fully saturated rings. The van der Waals surface area contributed by atoms with Crippen molar-refractivity contribution in [2.24, 2.45) is 0 Å². The summed E-state index contributed by atoms with van der Waals surface area (Å²) >= 11 is 5.77. The first kappa shape index (κ1) is 15.2. The molecular weight excluding hydrogens is 322 g/mol. The van der Waals surface area contributed by atoms with Crippen LogP contribution in [-0.4, -0.2) is 25.2 Å². The highest BCUT2D eigenvalue weighted by atomic mass is 35.5. The summed E-state index contributed by atoms with van der Waals surface area (Å²) in [5, 5.41) is 0.412. The first-order valence-electron chi connectivity index (χ1n) is 6.69. The second kappa shape index (κ2) is 6.18. The van der Waals surface area contributed by atoms with Gasteiger partial charge in [-0.25, -0.2) is 4.79 Å². The average molecular weight is 334 g/mol. The fourth-order valence-corrected chi connectivity index (χ4v) is 2.26. The molecule has 7 heteroatoms. The van der Waals surface area contributed by atoms with Crippen molar-refractivity contribution in [2.45, 2.75) is 0 Å². The van der Waals surface area contributed by atoms with Gasteiger partial charge in [0.05, 0.1) is 5.56 Å². The Bertz CT molecular complexity index is 790. The number of rotatable bonds is 4. The van der Waals surface area contributed by atoms with Gasteiger partial charge in [-0.15, -0.1) is 0 Å². The summed E-state index contributed by atoms with van der Waals surface area (Å²) in [5.74, 6) is 0.0223. The number of benzene rings is 2. The zero-order chi connectivity index (χ0) is 16.4. The van der Waals surface area contributed by atoms with Gasteiger partial charge < -0.3 is 19.9 Å². The number of ketones is 1. The van der Waals surface area contributed by atoms with Gasteiger partial charge in [-0.1, -0.05) is 11.6 Å². The maximum atomic E-state index is 12.1. The minimum Gasteiger partial charge on any atom is -0.454 e. The van der Waals surface area contributed by atoms with Gasteiger partial charge in [-0.05, 0) is 36.4 Å². The highest BCUT2D eigenvalue weighted by molar-refractivity contribution is 6.31. The molecule has 0 bridgehead atoms. The molecule has 6 nitrogen and oxygen atoms in total. The predicted molar refractivity (Wildman–Crippen MR) is 83.0 cm³/mol. The zero-order valence-electron chi connectivity index (χ0n) is 11.9. The number of anilines is 1. The minimum atomic E-state index is -0.687. The standard InChI is InChI=1S/C16H12ClNO5/c17-10-2-3-11(12(18)6-10)16(20)21-7-13(19)9-1-4-14-15(5-9)23-8-22-14/h1-6H,7-8,18H2. The Morgan fingerprint density at radius 3 is 2.70 bits per heavy atom. The molecule has 0 aliphatic carbocycles. The fourth-order valence-electron chi connectivity index (χ4n) is 2.08. The molecule has 0 amide bonds. The molecule has 0 radical (unpaired) electrons. The lowest BCUT2D eigenvalue weighted by Crippen LogP contribution is -2.15. The number of nitrogen functional groups attached to an aromatic ring is 1. The second-order valence-electron chi connectivity index (χ2n) is 4.80. The van der Waals surface area contributed by atoms with Gasteiger partial charge in [-0.3, -0.25) is 4.79 Å². The third-order valence-corrected chi connectivity index (χ3v) is 3.50. The van der Waals surface area contributed by atoms with Crippen LogP contribution in [0.2, 0.25) is 5.02 Å². The summed E-state index contributed by atoms with van der Waals surface area (Å²) in [4.78, 5) is 24.1. The van der Waals surface area contributed by atoms with Crippen LogP contribution in [0.3, 0.4) is 0 Å². The van der Waals surface area contributed by atoms with Gasteiger partial charge >= 0.3 is 5.97 Å². The molecule has 2 aromatic carbocycles. The molecule has 1 aliphatic heterocycles. The smallest absolute Gasteiger partial charge is 0.340 e.